The Morgan fingerprint density at radius 3 is 2.58 bits per heavy atom. The molecule has 2 atom stereocenters. The number of allylic oxidation sites excluding steroid dienone is 4. The van der Waals surface area contributed by atoms with Crippen LogP contribution in [0, 0.1) is 45.3 Å². The quantitative estimate of drug-likeness (QED) is 0.796. The molecule has 0 unspecified atom stereocenters. The molecule has 5 heteroatoms. The molecule has 1 aromatic rings. The van der Waals surface area contributed by atoms with Gasteiger partial charge in [-0.25, -0.2) is 0 Å². The van der Waals surface area contributed by atoms with E-state index in [1.807, 2.05) is 30.3 Å². The van der Waals surface area contributed by atoms with Crippen molar-refractivity contribution in [2.24, 2.45) is 17.1 Å². The van der Waals surface area contributed by atoms with Gasteiger partial charge < -0.3 is 5.73 Å². The van der Waals surface area contributed by atoms with Gasteiger partial charge in [0.05, 0.1) is 23.4 Å². The van der Waals surface area contributed by atoms with Gasteiger partial charge in [-0.05, 0) is 48.4 Å². The van der Waals surface area contributed by atoms with Gasteiger partial charge in [-0.3, -0.25) is 0 Å². The van der Waals surface area contributed by atoms with E-state index in [1.54, 1.807) is 0 Å². The fraction of sp³-hybridized carbons (Fsp3) is 0.316. The average molecular weight is 379 g/mol. The van der Waals surface area contributed by atoms with Crippen LogP contribution in [0.4, 0.5) is 0 Å². The second-order valence-corrected chi connectivity index (χ2v) is 7.08. The van der Waals surface area contributed by atoms with Crippen LogP contribution in [-0.4, -0.2) is 0 Å². The molecule has 2 N–H and O–H groups in total. The van der Waals surface area contributed by atoms with Crippen LogP contribution in [0.3, 0.4) is 0 Å². The molecule has 0 amide bonds. The monoisotopic (exact) mass is 378 g/mol. The molecule has 2 aliphatic carbocycles. The summed E-state index contributed by atoms with van der Waals surface area (Å²) in [5, 5.41) is 29.3. The number of nitrogens with two attached hydrogens (primary N) is 1. The van der Waals surface area contributed by atoms with E-state index in [2.05, 4.69) is 34.1 Å². The number of nitrogens with zero attached hydrogens (tertiary/aromatic N) is 3. The Hall–Kier alpha value is -2.55. The zero-order valence-electron chi connectivity index (χ0n) is 13.0. The highest BCUT2D eigenvalue weighted by Crippen LogP contribution is 2.55. The van der Waals surface area contributed by atoms with Crippen molar-refractivity contribution in [1.82, 2.24) is 0 Å². The van der Waals surface area contributed by atoms with E-state index >= 15 is 0 Å². The summed E-state index contributed by atoms with van der Waals surface area (Å²) < 4.78 is 0.889. The lowest BCUT2D eigenvalue weighted by Gasteiger charge is -2.43. The Bertz CT molecular complexity index is 862. The van der Waals surface area contributed by atoms with Crippen molar-refractivity contribution in [1.29, 1.82) is 15.8 Å². The summed E-state index contributed by atoms with van der Waals surface area (Å²) in [6.07, 6.45) is 4.75. The Balaban J connectivity index is 2.34. The lowest BCUT2D eigenvalue weighted by Crippen LogP contribution is -2.42. The summed E-state index contributed by atoms with van der Waals surface area (Å²) in [4.78, 5) is 0. The first kappa shape index (κ1) is 16.3. The van der Waals surface area contributed by atoms with E-state index in [4.69, 9.17) is 5.73 Å². The summed E-state index contributed by atoms with van der Waals surface area (Å²) in [5.41, 5.74) is 6.89. The first-order chi connectivity index (χ1) is 11.6. The van der Waals surface area contributed by atoms with E-state index in [0.29, 0.717) is 5.57 Å². The number of fused-ring (bicyclic) bond motifs is 1. The molecule has 0 aromatic heterocycles. The average Bonchev–Trinajstić information content (AvgIpc) is 2.61. The standard InChI is InChI=1S/C19H15BrN4/c20-13-5-3-4-12(8-13)17-15-7-2-1-6-14(15)16(9-21)18(24)19(17,10-22)11-23/h3-6,8,15,17H,1-2,7,24H2/t15-,17+/m1/s1. The molecule has 0 radical (unpaired) electrons. The fourth-order valence-electron chi connectivity index (χ4n) is 3.95. The number of rotatable bonds is 1. The van der Waals surface area contributed by atoms with E-state index in [0.717, 1.165) is 34.9 Å². The molecule has 0 aliphatic heterocycles. The maximum atomic E-state index is 9.89. The molecule has 0 heterocycles. The number of hydrogen-bond acceptors (Lipinski definition) is 4. The van der Waals surface area contributed by atoms with E-state index in [9.17, 15) is 15.8 Å². The summed E-state index contributed by atoms with van der Waals surface area (Å²) in [5.74, 6) is -0.428. The van der Waals surface area contributed by atoms with Crippen molar-refractivity contribution in [2.75, 3.05) is 0 Å². The summed E-state index contributed by atoms with van der Waals surface area (Å²) in [6.45, 7) is 0. The van der Waals surface area contributed by atoms with Crippen molar-refractivity contribution in [3.8, 4) is 18.2 Å². The van der Waals surface area contributed by atoms with Crippen molar-refractivity contribution in [3.63, 3.8) is 0 Å². The maximum absolute atomic E-state index is 9.89. The molecular formula is C19H15BrN4. The lowest BCUT2D eigenvalue weighted by molar-refractivity contribution is 0.317. The van der Waals surface area contributed by atoms with Gasteiger partial charge in [0.25, 0.3) is 0 Å². The Labute approximate surface area is 149 Å². The van der Waals surface area contributed by atoms with Gasteiger partial charge in [-0.1, -0.05) is 34.1 Å². The molecule has 24 heavy (non-hydrogen) atoms. The number of nitriles is 3. The Kier molecular flexibility index (Phi) is 4.18. The highest BCUT2D eigenvalue weighted by Gasteiger charge is 2.53. The van der Waals surface area contributed by atoms with Crippen LogP contribution in [0.5, 0.6) is 0 Å². The van der Waals surface area contributed by atoms with E-state index in [1.165, 1.54) is 0 Å². The van der Waals surface area contributed by atoms with Crippen LogP contribution in [0.2, 0.25) is 0 Å². The molecule has 1 aromatic carbocycles. The zero-order chi connectivity index (χ0) is 17.3. The van der Waals surface area contributed by atoms with Crippen LogP contribution < -0.4 is 5.73 Å². The van der Waals surface area contributed by atoms with Gasteiger partial charge in [-0.15, -0.1) is 0 Å². The smallest absolute Gasteiger partial charge is 0.191 e. The molecule has 0 saturated carbocycles. The summed E-state index contributed by atoms with van der Waals surface area (Å²) in [7, 11) is 0. The van der Waals surface area contributed by atoms with Crippen LogP contribution >= 0.6 is 15.9 Å². The highest BCUT2D eigenvalue weighted by molar-refractivity contribution is 9.10. The normalized spacial score (nSPS) is 24.8. The molecule has 4 nitrogen and oxygen atoms in total. The predicted octanol–water partition coefficient (Wildman–Crippen LogP) is 4.04. The molecule has 2 aliphatic rings. The molecule has 0 saturated heterocycles. The fourth-order valence-corrected chi connectivity index (χ4v) is 4.37. The zero-order valence-corrected chi connectivity index (χ0v) is 14.5. The van der Waals surface area contributed by atoms with Gasteiger partial charge in [-0.2, -0.15) is 15.8 Å². The molecule has 0 bridgehead atoms. The first-order valence-corrected chi connectivity index (χ1v) is 8.57. The van der Waals surface area contributed by atoms with Gasteiger partial charge in [0, 0.05) is 10.4 Å². The van der Waals surface area contributed by atoms with Crippen molar-refractivity contribution in [2.45, 2.75) is 25.2 Å². The van der Waals surface area contributed by atoms with Crippen LogP contribution in [0.1, 0.15) is 30.7 Å². The topological polar surface area (TPSA) is 97.4 Å². The van der Waals surface area contributed by atoms with Crippen molar-refractivity contribution >= 4 is 15.9 Å². The molecule has 0 spiro atoms. The van der Waals surface area contributed by atoms with Crippen LogP contribution in [-0.2, 0) is 0 Å². The van der Waals surface area contributed by atoms with Crippen molar-refractivity contribution in [3.05, 3.63) is 57.2 Å². The number of halogens is 1. The second-order valence-electron chi connectivity index (χ2n) is 6.16. The van der Waals surface area contributed by atoms with Crippen LogP contribution in [0.25, 0.3) is 0 Å². The molecule has 0 fully saturated rings. The SMILES string of the molecule is N#CC1=C(N)C(C#N)(C#N)[C@@H](c2cccc(Br)c2)[C@@H]2CCCC=C12. The lowest BCUT2D eigenvalue weighted by atomic mass is 9.57. The first-order valence-electron chi connectivity index (χ1n) is 7.77. The van der Waals surface area contributed by atoms with Gasteiger partial charge in [0.1, 0.15) is 6.07 Å². The van der Waals surface area contributed by atoms with Gasteiger partial charge in [0.15, 0.2) is 5.41 Å². The van der Waals surface area contributed by atoms with Crippen LogP contribution in [0.15, 0.2) is 51.7 Å². The molecular weight excluding hydrogens is 364 g/mol. The third kappa shape index (κ3) is 2.23. The third-order valence-corrected chi connectivity index (χ3v) is 5.50. The Morgan fingerprint density at radius 1 is 1.21 bits per heavy atom. The number of benzene rings is 1. The van der Waals surface area contributed by atoms with Gasteiger partial charge in [0.2, 0.25) is 0 Å². The van der Waals surface area contributed by atoms with Gasteiger partial charge >= 0.3 is 0 Å². The Morgan fingerprint density at radius 2 is 1.96 bits per heavy atom. The minimum atomic E-state index is -1.52. The third-order valence-electron chi connectivity index (χ3n) is 5.01. The maximum Gasteiger partial charge on any atom is 0.191 e. The van der Waals surface area contributed by atoms with E-state index in [-0.39, 0.29) is 17.5 Å². The molecule has 3 rings (SSSR count). The second kappa shape index (κ2) is 6.16. The molecule has 118 valence electrons. The minimum absolute atomic E-state index is 0.0469. The summed E-state index contributed by atoms with van der Waals surface area (Å²) >= 11 is 3.46. The predicted molar refractivity (Wildman–Crippen MR) is 92.8 cm³/mol. The largest absolute Gasteiger partial charge is 0.399 e. The van der Waals surface area contributed by atoms with E-state index < -0.39 is 5.41 Å². The minimum Gasteiger partial charge on any atom is -0.399 e. The highest BCUT2D eigenvalue weighted by atomic mass is 79.9. The summed E-state index contributed by atoms with van der Waals surface area (Å²) in [6, 6.07) is 14.1. The number of hydrogen-bond donors (Lipinski definition) is 1. The van der Waals surface area contributed by atoms with Crippen molar-refractivity contribution < 1.29 is 0 Å².